The van der Waals surface area contributed by atoms with Gasteiger partial charge in [0.2, 0.25) is 0 Å². The molecule has 0 amide bonds. The monoisotopic (exact) mass is 856 g/mol. The first-order valence-electron chi connectivity index (χ1n) is 21.8. The van der Waals surface area contributed by atoms with E-state index in [1.807, 2.05) is 97.1 Å². The average Bonchev–Trinajstić information content (AvgIpc) is 4.10. The summed E-state index contributed by atoms with van der Waals surface area (Å²) in [7, 11) is 0. The fraction of sp³-hybridized carbons (Fsp3) is 0.0169. The normalized spacial score (nSPS) is 12.8. The van der Waals surface area contributed by atoms with Crippen LogP contribution in [0.4, 0.5) is 0 Å². The van der Waals surface area contributed by atoms with Gasteiger partial charge in [0.15, 0.2) is 17.5 Å². The Morgan fingerprint density at radius 2 is 1.07 bits per heavy atom. The van der Waals surface area contributed by atoms with Crippen molar-refractivity contribution < 1.29 is 0 Å². The summed E-state index contributed by atoms with van der Waals surface area (Å²) in [6, 6.07) is 62.4. The minimum atomic E-state index is 0.245. The fourth-order valence-corrected chi connectivity index (χ4v) is 9.22. The Labute approximate surface area is 386 Å². The van der Waals surface area contributed by atoms with Gasteiger partial charge >= 0.3 is 0 Å². The fourth-order valence-electron chi connectivity index (χ4n) is 9.22. The zero-order chi connectivity index (χ0) is 45.4. The Balaban J connectivity index is 1.29. The van der Waals surface area contributed by atoms with Gasteiger partial charge in [0.25, 0.3) is 0 Å². The summed E-state index contributed by atoms with van der Waals surface area (Å²) in [6.07, 6.45) is 9.17. The van der Waals surface area contributed by atoms with Crippen LogP contribution in [0.1, 0.15) is 17.5 Å². The van der Waals surface area contributed by atoms with E-state index in [9.17, 15) is 15.8 Å². The maximum Gasteiger partial charge on any atom is 0.164 e. The molecular weight excluding hydrogens is 821 g/mol. The second-order valence-corrected chi connectivity index (χ2v) is 16.2. The number of aromatic nitrogens is 5. The Morgan fingerprint density at radius 3 is 1.64 bits per heavy atom. The highest BCUT2D eigenvalue weighted by atomic mass is 15.0. The van der Waals surface area contributed by atoms with Crippen LogP contribution in [0.15, 0.2) is 211 Å². The van der Waals surface area contributed by atoms with Crippen molar-refractivity contribution in [3.8, 4) is 63.7 Å². The lowest BCUT2D eigenvalue weighted by Crippen LogP contribution is -2.05. The molecule has 7 aromatic carbocycles. The van der Waals surface area contributed by atoms with Gasteiger partial charge in [-0.25, -0.2) is 15.0 Å². The van der Waals surface area contributed by atoms with Gasteiger partial charge in [-0.15, -0.1) is 0 Å². The molecule has 0 atom stereocenters. The topological polar surface area (TPSA) is 120 Å². The molecule has 0 saturated heterocycles. The van der Waals surface area contributed by atoms with E-state index in [4.69, 9.17) is 15.0 Å². The SMILES string of the molecule is C=C/C(C#N)=C\C(C#N)=C/c1cc(-c2nc(-c3ccccc3)nc(-c3ccccc3)n2)cc(C2=CC(C#N)=CC2)c1-n1c2ccccc2c2cc3c4ccccc4n(-c4ccccc4)c3cc21. The lowest BCUT2D eigenvalue weighted by molar-refractivity contribution is 1.07. The van der Waals surface area contributed by atoms with Crippen LogP contribution < -0.4 is 0 Å². The molecule has 312 valence electrons. The summed E-state index contributed by atoms with van der Waals surface area (Å²) in [5.74, 6) is 1.44. The predicted octanol–water partition coefficient (Wildman–Crippen LogP) is 13.8. The molecule has 11 rings (SSSR count). The second-order valence-electron chi connectivity index (χ2n) is 16.2. The largest absolute Gasteiger partial charge is 0.309 e. The quantitative estimate of drug-likeness (QED) is 0.105. The maximum absolute atomic E-state index is 10.8. The number of rotatable bonds is 9. The van der Waals surface area contributed by atoms with E-state index in [1.165, 1.54) is 6.08 Å². The highest BCUT2D eigenvalue weighted by Crippen LogP contribution is 2.44. The molecule has 8 heteroatoms. The summed E-state index contributed by atoms with van der Waals surface area (Å²) >= 11 is 0. The predicted molar refractivity (Wildman–Crippen MR) is 269 cm³/mol. The van der Waals surface area contributed by atoms with Gasteiger partial charge in [-0.3, -0.25) is 0 Å². The van der Waals surface area contributed by atoms with E-state index in [1.54, 1.807) is 6.08 Å². The minimum Gasteiger partial charge on any atom is -0.309 e. The summed E-state index contributed by atoms with van der Waals surface area (Å²) < 4.78 is 4.59. The lowest BCUT2D eigenvalue weighted by atomic mass is 9.93. The molecule has 0 bridgehead atoms. The van der Waals surface area contributed by atoms with Gasteiger partial charge in [-0.2, -0.15) is 15.8 Å². The zero-order valence-electron chi connectivity index (χ0n) is 36.0. The number of para-hydroxylation sites is 3. The summed E-state index contributed by atoms with van der Waals surface area (Å²) in [5.41, 5.74) is 11.6. The number of fused-ring (bicyclic) bond motifs is 6. The van der Waals surface area contributed by atoms with Crippen molar-refractivity contribution in [1.82, 2.24) is 24.1 Å². The Bertz CT molecular complexity index is 3860. The third-order valence-electron chi connectivity index (χ3n) is 12.2. The Hall–Kier alpha value is -9.68. The number of nitrogens with zero attached hydrogens (tertiary/aromatic N) is 8. The molecule has 0 spiro atoms. The van der Waals surface area contributed by atoms with Crippen molar-refractivity contribution in [2.75, 3.05) is 0 Å². The second kappa shape index (κ2) is 16.8. The Kier molecular flexibility index (Phi) is 10.1. The van der Waals surface area contributed by atoms with Gasteiger partial charge < -0.3 is 9.13 Å². The van der Waals surface area contributed by atoms with Crippen molar-refractivity contribution in [2.24, 2.45) is 0 Å². The van der Waals surface area contributed by atoms with Crippen LogP contribution in [0.25, 0.3) is 101 Å². The molecule has 0 aliphatic heterocycles. The summed E-state index contributed by atoms with van der Waals surface area (Å²) in [4.78, 5) is 15.2. The number of allylic oxidation sites excluding steroid dienone is 8. The van der Waals surface area contributed by atoms with E-state index in [0.29, 0.717) is 40.6 Å². The van der Waals surface area contributed by atoms with Gasteiger partial charge in [0.05, 0.1) is 57.1 Å². The number of benzene rings is 7. The molecule has 0 unspecified atom stereocenters. The number of nitriles is 3. The highest BCUT2D eigenvalue weighted by Gasteiger charge is 2.25. The van der Waals surface area contributed by atoms with Gasteiger partial charge in [0.1, 0.15) is 0 Å². The molecule has 1 aliphatic carbocycles. The van der Waals surface area contributed by atoms with Crippen molar-refractivity contribution in [2.45, 2.75) is 6.42 Å². The van der Waals surface area contributed by atoms with Crippen LogP contribution in [0.3, 0.4) is 0 Å². The molecule has 0 N–H and O–H groups in total. The molecule has 0 saturated carbocycles. The molecule has 1 aliphatic rings. The molecule has 67 heavy (non-hydrogen) atoms. The zero-order valence-corrected chi connectivity index (χ0v) is 36.0. The van der Waals surface area contributed by atoms with Crippen LogP contribution in [-0.2, 0) is 0 Å². The third-order valence-corrected chi connectivity index (χ3v) is 12.2. The van der Waals surface area contributed by atoms with Gasteiger partial charge in [0, 0.05) is 60.6 Å². The van der Waals surface area contributed by atoms with E-state index in [-0.39, 0.29) is 11.1 Å². The molecule has 0 radical (unpaired) electrons. The lowest BCUT2D eigenvalue weighted by Gasteiger charge is -2.20. The summed E-state index contributed by atoms with van der Waals surface area (Å²) in [5, 5.41) is 35.3. The standard InChI is InChI=1S/C59H36N8/c1-2-38(35-60)28-40(37-62)30-44-31-45(59-64-57(41-16-6-3-7-17-41)63-58(65-59)42-18-8-4-9-19-42)32-49(43-27-26-39(29-43)36-61)56(44)67-53-25-15-13-23-48(53)51-33-50-47-22-12-14-24-52(47)66(54(50)34-55(51)67)46-20-10-5-11-21-46/h2-26,28-34H,1,27H2/b38-28+,40-30+. The first-order chi connectivity index (χ1) is 33.0. The van der Waals surface area contributed by atoms with Crippen LogP contribution >= 0.6 is 0 Å². The smallest absolute Gasteiger partial charge is 0.164 e. The summed E-state index contributed by atoms with van der Waals surface area (Å²) in [6.45, 7) is 3.83. The molecule has 3 heterocycles. The van der Waals surface area contributed by atoms with Crippen LogP contribution in [0.2, 0.25) is 0 Å². The third kappa shape index (κ3) is 7.07. The maximum atomic E-state index is 10.8. The molecular formula is C59H36N8. The van der Waals surface area contributed by atoms with Crippen molar-refractivity contribution in [1.29, 1.82) is 15.8 Å². The molecule has 10 aromatic rings. The highest BCUT2D eigenvalue weighted by molar-refractivity contribution is 6.19. The van der Waals surface area contributed by atoms with Crippen LogP contribution in [-0.4, -0.2) is 24.1 Å². The van der Waals surface area contributed by atoms with Gasteiger partial charge in [-0.1, -0.05) is 134 Å². The minimum absolute atomic E-state index is 0.245. The van der Waals surface area contributed by atoms with E-state index < -0.39 is 0 Å². The van der Waals surface area contributed by atoms with E-state index in [0.717, 1.165) is 77.2 Å². The molecule has 8 nitrogen and oxygen atoms in total. The van der Waals surface area contributed by atoms with Crippen LogP contribution in [0, 0.1) is 34.0 Å². The van der Waals surface area contributed by atoms with Gasteiger partial charge in [-0.05, 0) is 78.8 Å². The van der Waals surface area contributed by atoms with Crippen molar-refractivity contribution >= 4 is 55.3 Å². The van der Waals surface area contributed by atoms with E-state index in [2.05, 4.69) is 119 Å². The first-order valence-corrected chi connectivity index (χ1v) is 21.8. The van der Waals surface area contributed by atoms with Crippen molar-refractivity contribution in [3.05, 3.63) is 223 Å². The first kappa shape index (κ1) is 40.1. The number of hydrogen-bond donors (Lipinski definition) is 0. The molecule has 0 fully saturated rings. The van der Waals surface area contributed by atoms with Crippen molar-refractivity contribution in [3.63, 3.8) is 0 Å². The van der Waals surface area contributed by atoms with E-state index >= 15 is 0 Å². The Morgan fingerprint density at radius 1 is 0.537 bits per heavy atom. The molecule has 3 aromatic heterocycles. The van der Waals surface area contributed by atoms with Crippen LogP contribution in [0.5, 0.6) is 0 Å². The number of hydrogen-bond acceptors (Lipinski definition) is 6. The average molecular weight is 857 g/mol.